The fourth-order valence-electron chi connectivity index (χ4n) is 5.42. The van der Waals surface area contributed by atoms with Gasteiger partial charge in [0.25, 0.3) is 5.91 Å². The van der Waals surface area contributed by atoms with Crippen LogP contribution in [0, 0.1) is 13.8 Å². The summed E-state index contributed by atoms with van der Waals surface area (Å²) < 4.78 is 0. The van der Waals surface area contributed by atoms with Gasteiger partial charge in [-0.1, -0.05) is 42.0 Å². The molecule has 0 aliphatic carbocycles. The smallest absolute Gasteiger partial charge is 0.254 e. The molecule has 0 N–H and O–H groups in total. The van der Waals surface area contributed by atoms with E-state index in [1.165, 1.54) is 21.6 Å². The molecule has 2 aliphatic rings. The van der Waals surface area contributed by atoms with E-state index in [4.69, 9.17) is 0 Å². The lowest BCUT2D eigenvalue weighted by Gasteiger charge is -2.42. The van der Waals surface area contributed by atoms with Crippen molar-refractivity contribution in [3.63, 3.8) is 0 Å². The molecule has 3 aromatic rings. The minimum Gasteiger partial charge on any atom is -0.338 e. The summed E-state index contributed by atoms with van der Waals surface area (Å²) in [4.78, 5) is 34.2. The standard InChI is InChI=1S/C29H33N3O2S/c1-20-8-10-23(11-9-20)29(34)32-16-15-30(18-22(32)3)27(33)19-31-14-12-26-25(13-17-35-26)28(31)24-7-5-4-6-21(24)2/h4-11,13,17,22,28H,12,14-16,18-19H2,1-3H3. The first-order valence-electron chi connectivity index (χ1n) is 12.4. The average molecular weight is 488 g/mol. The van der Waals surface area contributed by atoms with E-state index < -0.39 is 0 Å². The highest BCUT2D eigenvalue weighted by atomic mass is 32.1. The first kappa shape index (κ1) is 23.8. The van der Waals surface area contributed by atoms with Crippen LogP contribution in [0.2, 0.25) is 0 Å². The summed E-state index contributed by atoms with van der Waals surface area (Å²) in [5.41, 5.74) is 5.72. The number of rotatable bonds is 4. The molecule has 2 atom stereocenters. The summed E-state index contributed by atoms with van der Waals surface area (Å²) in [5.74, 6) is 0.196. The van der Waals surface area contributed by atoms with Gasteiger partial charge in [0.1, 0.15) is 0 Å². The number of amides is 2. The van der Waals surface area contributed by atoms with Gasteiger partial charge in [0.05, 0.1) is 12.6 Å². The molecular weight excluding hydrogens is 454 g/mol. The number of carbonyl (C=O) groups excluding carboxylic acids is 2. The average Bonchev–Trinajstić information content (AvgIpc) is 3.33. The Morgan fingerprint density at radius 3 is 2.46 bits per heavy atom. The summed E-state index contributed by atoms with van der Waals surface area (Å²) in [5, 5.41) is 2.17. The van der Waals surface area contributed by atoms with Gasteiger partial charge in [0, 0.05) is 42.7 Å². The van der Waals surface area contributed by atoms with Crippen molar-refractivity contribution in [3.05, 3.63) is 92.7 Å². The number of benzene rings is 2. The lowest BCUT2D eigenvalue weighted by Crippen LogP contribution is -2.57. The number of carbonyl (C=O) groups is 2. The second-order valence-electron chi connectivity index (χ2n) is 9.83. The highest BCUT2D eigenvalue weighted by Crippen LogP contribution is 2.38. The molecule has 0 saturated carbocycles. The van der Waals surface area contributed by atoms with Crippen molar-refractivity contribution in [2.75, 3.05) is 32.7 Å². The summed E-state index contributed by atoms with van der Waals surface area (Å²) in [6, 6.07) is 18.6. The van der Waals surface area contributed by atoms with Gasteiger partial charge in [0.15, 0.2) is 0 Å². The maximum absolute atomic E-state index is 13.5. The Hall–Kier alpha value is -2.96. The van der Waals surface area contributed by atoms with Crippen molar-refractivity contribution in [1.29, 1.82) is 0 Å². The molecule has 3 heterocycles. The first-order chi connectivity index (χ1) is 16.9. The van der Waals surface area contributed by atoms with Crippen LogP contribution in [0.5, 0.6) is 0 Å². The zero-order valence-corrected chi connectivity index (χ0v) is 21.6. The normalized spacial score (nSPS) is 20.5. The molecule has 2 unspecified atom stereocenters. The SMILES string of the molecule is Cc1ccc(C(=O)N2CCN(C(=O)CN3CCc4sccc4C3c3ccccc3C)CC2C)cc1. The topological polar surface area (TPSA) is 43.9 Å². The zero-order valence-electron chi connectivity index (χ0n) is 20.7. The van der Waals surface area contributed by atoms with Gasteiger partial charge in [-0.3, -0.25) is 14.5 Å². The monoisotopic (exact) mass is 487 g/mol. The molecule has 182 valence electrons. The van der Waals surface area contributed by atoms with Crippen LogP contribution in [-0.2, 0) is 11.2 Å². The van der Waals surface area contributed by atoms with E-state index in [1.54, 1.807) is 0 Å². The molecule has 6 heteroatoms. The molecule has 2 aliphatic heterocycles. The number of aryl methyl sites for hydroxylation is 2. The maximum Gasteiger partial charge on any atom is 0.254 e. The Morgan fingerprint density at radius 2 is 1.71 bits per heavy atom. The van der Waals surface area contributed by atoms with Crippen LogP contribution in [0.15, 0.2) is 60.0 Å². The van der Waals surface area contributed by atoms with Gasteiger partial charge >= 0.3 is 0 Å². The quantitative estimate of drug-likeness (QED) is 0.537. The van der Waals surface area contributed by atoms with E-state index in [0.29, 0.717) is 31.7 Å². The molecule has 0 radical (unpaired) electrons. The van der Waals surface area contributed by atoms with Gasteiger partial charge < -0.3 is 9.80 Å². The highest BCUT2D eigenvalue weighted by molar-refractivity contribution is 7.10. The number of hydrogen-bond acceptors (Lipinski definition) is 4. The van der Waals surface area contributed by atoms with Crippen molar-refractivity contribution in [3.8, 4) is 0 Å². The summed E-state index contributed by atoms with van der Waals surface area (Å²) in [6.45, 7) is 9.20. The van der Waals surface area contributed by atoms with Crippen LogP contribution in [0.3, 0.4) is 0 Å². The molecule has 1 aromatic heterocycles. The fraction of sp³-hybridized carbons (Fsp3) is 0.379. The molecule has 35 heavy (non-hydrogen) atoms. The summed E-state index contributed by atoms with van der Waals surface area (Å²) in [7, 11) is 0. The van der Waals surface area contributed by atoms with Crippen LogP contribution < -0.4 is 0 Å². The Morgan fingerprint density at radius 1 is 0.943 bits per heavy atom. The second kappa shape index (κ2) is 9.96. The predicted octanol–water partition coefficient (Wildman–Crippen LogP) is 4.69. The fourth-order valence-corrected chi connectivity index (χ4v) is 6.32. The Labute approximate surface area is 212 Å². The van der Waals surface area contributed by atoms with Crippen molar-refractivity contribution in [2.24, 2.45) is 0 Å². The Bertz CT molecular complexity index is 1220. The third kappa shape index (κ3) is 4.78. The minimum atomic E-state index is -0.0153. The van der Waals surface area contributed by atoms with Gasteiger partial charge in [-0.2, -0.15) is 0 Å². The van der Waals surface area contributed by atoms with Gasteiger partial charge in [-0.05, 0) is 67.5 Å². The number of nitrogens with zero attached hydrogens (tertiary/aromatic N) is 3. The zero-order chi connectivity index (χ0) is 24.5. The van der Waals surface area contributed by atoms with Gasteiger partial charge in [-0.15, -0.1) is 11.3 Å². The van der Waals surface area contributed by atoms with Crippen molar-refractivity contribution < 1.29 is 9.59 Å². The van der Waals surface area contributed by atoms with E-state index in [1.807, 2.05) is 59.2 Å². The van der Waals surface area contributed by atoms with Crippen LogP contribution >= 0.6 is 11.3 Å². The predicted molar refractivity (Wildman–Crippen MR) is 141 cm³/mol. The highest BCUT2D eigenvalue weighted by Gasteiger charge is 2.35. The van der Waals surface area contributed by atoms with Crippen LogP contribution in [0.1, 0.15) is 50.5 Å². The number of piperazine rings is 1. The first-order valence-corrected chi connectivity index (χ1v) is 13.3. The molecule has 2 aromatic carbocycles. The second-order valence-corrected chi connectivity index (χ2v) is 10.8. The van der Waals surface area contributed by atoms with E-state index in [0.717, 1.165) is 18.5 Å². The minimum absolute atomic E-state index is 0.0153. The number of thiophene rings is 1. The molecule has 0 bridgehead atoms. The van der Waals surface area contributed by atoms with Gasteiger partial charge in [-0.25, -0.2) is 0 Å². The van der Waals surface area contributed by atoms with E-state index in [2.05, 4.69) is 47.5 Å². The van der Waals surface area contributed by atoms with E-state index in [-0.39, 0.29) is 23.9 Å². The molecule has 1 saturated heterocycles. The van der Waals surface area contributed by atoms with Crippen molar-refractivity contribution >= 4 is 23.2 Å². The lowest BCUT2D eigenvalue weighted by molar-refractivity contribution is -0.135. The van der Waals surface area contributed by atoms with Crippen LogP contribution in [0.25, 0.3) is 0 Å². The molecule has 5 nitrogen and oxygen atoms in total. The number of hydrogen-bond donors (Lipinski definition) is 0. The maximum atomic E-state index is 13.5. The third-order valence-corrected chi connectivity index (χ3v) is 8.42. The van der Waals surface area contributed by atoms with E-state index >= 15 is 0 Å². The van der Waals surface area contributed by atoms with Crippen molar-refractivity contribution in [1.82, 2.24) is 14.7 Å². The van der Waals surface area contributed by atoms with Crippen LogP contribution in [-0.4, -0.2) is 65.3 Å². The molecular formula is C29H33N3O2S. The molecule has 0 spiro atoms. The third-order valence-electron chi connectivity index (χ3n) is 7.43. The molecule has 5 rings (SSSR count). The van der Waals surface area contributed by atoms with Gasteiger partial charge in [0.2, 0.25) is 5.91 Å². The summed E-state index contributed by atoms with van der Waals surface area (Å²) in [6.07, 6.45) is 0.984. The van der Waals surface area contributed by atoms with Crippen molar-refractivity contribution in [2.45, 2.75) is 39.3 Å². The number of fused-ring (bicyclic) bond motifs is 1. The van der Waals surface area contributed by atoms with Crippen LogP contribution in [0.4, 0.5) is 0 Å². The Balaban J connectivity index is 1.28. The lowest BCUT2D eigenvalue weighted by atomic mass is 9.90. The largest absolute Gasteiger partial charge is 0.338 e. The summed E-state index contributed by atoms with van der Waals surface area (Å²) >= 11 is 1.82. The Kier molecular flexibility index (Phi) is 6.76. The van der Waals surface area contributed by atoms with E-state index in [9.17, 15) is 9.59 Å². The molecule has 2 amide bonds. The molecule has 1 fully saturated rings.